The van der Waals surface area contributed by atoms with Crippen molar-refractivity contribution in [2.24, 2.45) is 7.05 Å². The van der Waals surface area contributed by atoms with Gasteiger partial charge in [-0.2, -0.15) is 5.26 Å². The summed E-state index contributed by atoms with van der Waals surface area (Å²) in [6, 6.07) is 6.12. The van der Waals surface area contributed by atoms with Gasteiger partial charge in [0.1, 0.15) is 11.9 Å². The van der Waals surface area contributed by atoms with Crippen LogP contribution in [0.25, 0.3) is 0 Å². The first kappa shape index (κ1) is 11.3. The molecule has 0 saturated carbocycles. The lowest BCUT2D eigenvalue weighted by atomic mass is 10.1. The van der Waals surface area contributed by atoms with E-state index < -0.39 is 0 Å². The molecule has 2 aromatic heterocycles. The summed E-state index contributed by atoms with van der Waals surface area (Å²) >= 11 is 0. The number of hydrogen-bond acceptors (Lipinski definition) is 3. The Balaban J connectivity index is 2.17. The number of nitrogens with zero attached hydrogens (tertiary/aromatic N) is 4. The maximum Gasteiger partial charge on any atom is 0.161 e. The average Bonchev–Trinajstić information content (AvgIpc) is 2.64. The van der Waals surface area contributed by atoms with Gasteiger partial charge in [-0.3, -0.25) is 4.98 Å². The average molecular weight is 226 g/mol. The Bertz CT molecular complexity index is 549. The Labute approximate surface area is 101 Å². The highest BCUT2D eigenvalue weighted by atomic mass is 15.1. The molecule has 2 aromatic rings. The van der Waals surface area contributed by atoms with Crippen molar-refractivity contribution < 1.29 is 0 Å². The van der Waals surface area contributed by atoms with Crippen molar-refractivity contribution in [2.45, 2.75) is 19.8 Å². The van der Waals surface area contributed by atoms with Crippen molar-refractivity contribution in [3.63, 3.8) is 0 Å². The maximum absolute atomic E-state index is 9.02. The largest absolute Gasteiger partial charge is 0.334 e. The molecule has 0 spiro atoms. The van der Waals surface area contributed by atoms with Gasteiger partial charge in [0.15, 0.2) is 5.69 Å². The minimum Gasteiger partial charge on any atom is -0.334 e. The van der Waals surface area contributed by atoms with Gasteiger partial charge >= 0.3 is 0 Å². The number of pyridine rings is 1. The molecular formula is C13H14N4. The van der Waals surface area contributed by atoms with Gasteiger partial charge in [-0.15, -0.1) is 0 Å². The van der Waals surface area contributed by atoms with E-state index in [1.165, 1.54) is 5.56 Å². The Morgan fingerprint density at radius 2 is 2.24 bits per heavy atom. The Morgan fingerprint density at radius 3 is 2.88 bits per heavy atom. The second kappa shape index (κ2) is 4.79. The molecule has 2 heterocycles. The minimum absolute atomic E-state index is 0.536. The number of nitriles is 1. The summed E-state index contributed by atoms with van der Waals surface area (Å²) in [7, 11) is 1.95. The van der Waals surface area contributed by atoms with Crippen LogP contribution in [-0.4, -0.2) is 14.5 Å². The summed E-state index contributed by atoms with van der Waals surface area (Å²) in [5.74, 6) is 0.878. The van der Waals surface area contributed by atoms with Crippen LogP contribution in [-0.2, 0) is 19.9 Å². The molecule has 2 rings (SSSR count). The molecule has 0 aliphatic rings. The normalized spacial score (nSPS) is 10.2. The molecule has 0 aromatic carbocycles. The smallest absolute Gasteiger partial charge is 0.161 e. The molecule has 0 bridgehead atoms. The van der Waals surface area contributed by atoms with Crippen molar-refractivity contribution >= 4 is 0 Å². The van der Waals surface area contributed by atoms with E-state index in [1.54, 1.807) is 6.20 Å². The maximum atomic E-state index is 9.02. The highest BCUT2D eigenvalue weighted by Crippen LogP contribution is 2.12. The highest BCUT2D eigenvalue weighted by Gasteiger charge is 2.11. The third-order valence-corrected chi connectivity index (χ3v) is 2.92. The molecule has 4 nitrogen and oxygen atoms in total. The predicted octanol–water partition coefficient (Wildman–Crippen LogP) is 1.78. The minimum atomic E-state index is 0.536. The summed E-state index contributed by atoms with van der Waals surface area (Å²) in [6.45, 7) is 1.91. The quantitative estimate of drug-likeness (QED) is 0.801. The van der Waals surface area contributed by atoms with Crippen LogP contribution in [0.5, 0.6) is 0 Å². The van der Waals surface area contributed by atoms with Gasteiger partial charge in [0.2, 0.25) is 0 Å². The third-order valence-electron chi connectivity index (χ3n) is 2.92. The van der Waals surface area contributed by atoms with Crippen molar-refractivity contribution in [3.05, 3.63) is 47.3 Å². The molecule has 0 unspecified atom stereocenters. The molecule has 86 valence electrons. The Kier molecular flexibility index (Phi) is 3.20. The summed E-state index contributed by atoms with van der Waals surface area (Å²) < 4.78 is 1.98. The SMILES string of the molecule is Cc1nc(C#N)c(CCc2cccnc2)n1C. The van der Waals surface area contributed by atoms with Gasteiger partial charge in [-0.05, 0) is 31.4 Å². The van der Waals surface area contributed by atoms with Gasteiger partial charge in [0.05, 0.1) is 5.69 Å². The zero-order chi connectivity index (χ0) is 12.3. The van der Waals surface area contributed by atoms with Gasteiger partial charge in [0.25, 0.3) is 0 Å². The molecule has 0 N–H and O–H groups in total. The lowest BCUT2D eigenvalue weighted by Crippen LogP contribution is -2.02. The van der Waals surface area contributed by atoms with E-state index in [0.717, 1.165) is 24.4 Å². The molecule has 0 fully saturated rings. The summed E-state index contributed by atoms with van der Waals surface area (Å²) in [5, 5.41) is 9.02. The first-order valence-electron chi connectivity index (χ1n) is 5.53. The first-order valence-corrected chi connectivity index (χ1v) is 5.53. The molecule has 0 atom stereocenters. The Morgan fingerprint density at radius 1 is 1.41 bits per heavy atom. The van der Waals surface area contributed by atoms with Crippen LogP contribution in [0, 0.1) is 18.3 Å². The molecule has 0 aliphatic heterocycles. The van der Waals surface area contributed by atoms with Crippen molar-refractivity contribution in [1.82, 2.24) is 14.5 Å². The zero-order valence-corrected chi connectivity index (χ0v) is 10.0. The van der Waals surface area contributed by atoms with E-state index in [9.17, 15) is 0 Å². The number of aromatic nitrogens is 3. The number of imidazole rings is 1. The number of aryl methyl sites for hydroxylation is 2. The van der Waals surface area contributed by atoms with E-state index in [2.05, 4.69) is 16.0 Å². The molecular weight excluding hydrogens is 212 g/mol. The van der Waals surface area contributed by atoms with Crippen LogP contribution in [0.3, 0.4) is 0 Å². The predicted molar refractivity (Wildman–Crippen MR) is 64.3 cm³/mol. The van der Waals surface area contributed by atoms with Gasteiger partial charge in [-0.25, -0.2) is 4.98 Å². The fourth-order valence-corrected chi connectivity index (χ4v) is 1.84. The molecule has 0 amide bonds. The fourth-order valence-electron chi connectivity index (χ4n) is 1.84. The standard InChI is InChI=1S/C13H14N4/c1-10-16-12(8-14)13(17(10)2)6-5-11-4-3-7-15-9-11/h3-4,7,9H,5-6H2,1-2H3. The van der Waals surface area contributed by atoms with Crippen LogP contribution in [0.1, 0.15) is 22.8 Å². The second-order valence-electron chi connectivity index (χ2n) is 3.99. The van der Waals surface area contributed by atoms with E-state index >= 15 is 0 Å². The third kappa shape index (κ3) is 2.34. The molecule has 0 saturated heterocycles. The monoisotopic (exact) mass is 226 g/mol. The molecule has 4 heteroatoms. The van der Waals surface area contributed by atoms with E-state index in [4.69, 9.17) is 5.26 Å². The summed E-state index contributed by atoms with van der Waals surface area (Å²) in [6.07, 6.45) is 5.31. The second-order valence-corrected chi connectivity index (χ2v) is 3.99. The van der Waals surface area contributed by atoms with Crippen LogP contribution in [0.4, 0.5) is 0 Å². The topological polar surface area (TPSA) is 54.5 Å². The lowest BCUT2D eigenvalue weighted by molar-refractivity contribution is 0.770. The highest BCUT2D eigenvalue weighted by molar-refractivity contribution is 5.29. The van der Waals surface area contributed by atoms with Crippen LogP contribution in [0.15, 0.2) is 24.5 Å². The van der Waals surface area contributed by atoms with E-state index in [-0.39, 0.29) is 0 Å². The summed E-state index contributed by atoms with van der Waals surface area (Å²) in [5.41, 5.74) is 2.71. The van der Waals surface area contributed by atoms with Gasteiger partial charge in [0, 0.05) is 19.4 Å². The summed E-state index contributed by atoms with van der Waals surface area (Å²) in [4.78, 5) is 8.31. The van der Waals surface area contributed by atoms with Crippen LogP contribution >= 0.6 is 0 Å². The molecule has 0 aliphatic carbocycles. The van der Waals surface area contributed by atoms with Crippen molar-refractivity contribution in [2.75, 3.05) is 0 Å². The van der Waals surface area contributed by atoms with E-state index in [1.807, 2.05) is 36.9 Å². The molecule has 0 radical (unpaired) electrons. The zero-order valence-electron chi connectivity index (χ0n) is 10.0. The van der Waals surface area contributed by atoms with Gasteiger partial charge in [-0.1, -0.05) is 6.07 Å². The lowest BCUT2D eigenvalue weighted by Gasteiger charge is -2.04. The Hall–Kier alpha value is -2.15. The van der Waals surface area contributed by atoms with Crippen LogP contribution < -0.4 is 0 Å². The van der Waals surface area contributed by atoms with Crippen molar-refractivity contribution in [1.29, 1.82) is 5.26 Å². The first-order chi connectivity index (χ1) is 8.22. The fraction of sp³-hybridized carbons (Fsp3) is 0.308. The number of hydrogen-bond donors (Lipinski definition) is 0. The van der Waals surface area contributed by atoms with E-state index in [0.29, 0.717) is 5.69 Å². The molecule has 17 heavy (non-hydrogen) atoms. The van der Waals surface area contributed by atoms with Crippen LogP contribution in [0.2, 0.25) is 0 Å². The number of rotatable bonds is 3. The van der Waals surface area contributed by atoms with Gasteiger partial charge < -0.3 is 4.57 Å². The van der Waals surface area contributed by atoms with Crippen molar-refractivity contribution in [3.8, 4) is 6.07 Å².